The molecule has 0 saturated heterocycles. The van der Waals surface area contributed by atoms with Crippen molar-refractivity contribution in [3.8, 4) is 0 Å². The molecule has 2 rings (SSSR count). The van der Waals surface area contributed by atoms with E-state index in [4.69, 9.17) is 0 Å². The molecule has 0 spiro atoms. The van der Waals surface area contributed by atoms with Crippen LogP contribution in [-0.4, -0.2) is 11.2 Å². The molecule has 1 N–H and O–H groups in total. The summed E-state index contributed by atoms with van der Waals surface area (Å²) < 4.78 is 0. The van der Waals surface area contributed by atoms with Gasteiger partial charge in [0.05, 0.1) is 6.10 Å². The van der Waals surface area contributed by atoms with E-state index in [1.54, 1.807) is 0 Å². The summed E-state index contributed by atoms with van der Waals surface area (Å²) >= 11 is 0. The number of aliphatic hydroxyl groups is 1. The highest BCUT2D eigenvalue weighted by atomic mass is 16.3. The number of hydrogen-bond acceptors (Lipinski definition) is 1. The van der Waals surface area contributed by atoms with Gasteiger partial charge >= 0.3 is 0 Å². The molecule has 19 heavy (non-hydrogen) atoms. The topological polar surface area (TPSA) is 20.2 Å². The quantitative estimate of drug-likeness (QED) is 0.820. The second-order valence-corrected chi connectivity index (χ2v) is 5.23. The van der Waals surface area contributed by atoms with Crippen LogP contribution in [0.3, 0.4) is 0 Å². The zero-order chi connectivity index (χ0) is 13.5. The Bertz CT molecular complexity index is 464. The summed E-state index contributed by atoms with van der Waals surface area (Å²) in [7, 11) is 0. The smallest absolute Gasteiger partial charge is 0.0549 e. The molecule has 0 radical (unpaired) electrons. The molecule has 0 bridgehead atoms. The monoisotopic (exact) mass is 254 g/mol. The molecule has 0 aromatic heterocycles. The molecule has 0 unspecified atom stereocenters. The van der Waals surface area contributed by atoms with E-state index in [1.165, 1.54) is 11.1 Å². The summed E-state index contributed by atoms with van der Waals surface area (Å²) in [5, 5.41) is 10.1. The largest absolute Gasteiger partial charge is 0.393 e. The minimum atomic E-state index is -0.226. The van der Waals surface area contributed by atoms with Crippen LogP contribution in [0.25, 0.3) is 0 Å². The average Bonchev–Trinajstić information content (AvgIpc) is 2.47. The first-order chi connectivity index (χ1) is 9.25. The second-order valence-electron chi connectivity index (χ2n) is 5.23. The lowest BCUT2D eigenvalue weighted by atomic mass is 9.93. The number of hydrogen-bond donors (Lipinski definition) is 1. The number of benzene rings is 2. The third-order valence-corrected chi connectivity index (χ3v) is 3.60. The van der Waals surface area contributed by atoms with Gasteiger partial charge in [-0.05, 0) is 36.3 Å². The van der Waals surface area contributed by atoms with Crippen LogP contribution in [0.15, 0.2) is 60.7 Å². The Morgan fingerprint density at radius 1 is 0.895 bits per heavy atom. The maximum absolute atomic E-state index is 10.1. The molecule has 1 heteroatoms. The van der Waals surface area contributed by atoms with Crippen LogP contribution in [0.5, 0.6) is 0 Å². The first-order valence-electron chi connectivity index (χ1n) is 7.02. The highest BCUT2D eigenvalue weighted by Gasteiger charge is 2.11. The van der Waals surface area contributed by atoms with Crippen molar-refractivity contribution in [2.75, 3.05) is 0 Å². The zero-order valence-corrected chi connectivity index (χ0v) is 11.5. The van der Waals surface area contributed by atoms with Crippen LogP contribution in [0.2, 0.25) is 0 Å². The van der Waals surface area contributed by atoms with E-state index >= 15 is 0 Å². The third kappa shape index (κ3) is 4.53. The fourth-order valence-electron chi connectivity index (χ4n) is 2.42. The van der Waals surface area contributed by atoms with Gasteiger partial charge in [-0.2, -0.15) is 0 Å². The van der Waals surface area contributed by atoms with E-state index in [1.807, 2.05) is 24.3 Å². The molecular formula is C18H22O. The molecule has 0 heterocycles. The van der Waals surface area contributed by atoms with Crippen LogP contribution >= 0.6 is 0 Å². The first-order valence-corrected chi connectivity index (χ1v) is 7.02. The molecule has 1 nitrogen and oxygen atoms in total. The van der Waals surface area contributed by atoms with Crippen molar-refractivity contribution in [2.45, 2.75) is 38.2 Å². The summed E-state index contributed by atoms with van der Waals surface area (Å²) in [6, 6.07) is 20.8. The summed E-state index contributed by atoms with van der Waals surface area (Å²) in [5.74, 6) is 0.409. The van der Waals surface area contributed by atoms with Gasteiger partial charge in [-0.15, -0.1) is 0 Å². The van der Waals surface area contributed by atoms with E-state index in [9.17, 15) is 5.11 Å². The van der Waals surface area contributed by atoms with Gasteiger partial charge < -0.3 is 5.11 Å². The molecular weight excluding hydrogens is 232 g/mol. The number of aryl methyl sites for hydroxylation is 1. The van der Waals surface area contributed by atoms with Gasteiger partial charge in [0.2, 0.25) is 0 Å². The normalized spacial score (nSPS) is 14.0. The fourth-order valence-corrected chi connectivity index (χ4v) is 2.42. The standard InChI is InChI=1S/C18H22O/c1-15(17-10-6-3-7-11-17)14-18(19)13-12-16-8-4-2-5-9-16/h2-11,15,18-19H,12-14H2,1H3/t15-,18-/m0/s1. The van der Waals surface area contributed by atoms with E-state index in [2.05, 4.69) is 43.3 Å². The molecule has 2 atom stereocenters. The highest BCUT2D eigenvalue weighted by molar-refractivity contribution is 5.19. The third-order valence-electron chi connectivity index (χ3n) is 3.60. The highest BCUT2D eigenvalue weighted by Crippen LogP contribution is 2.22. The van der Waals surface area contributed by atoms with Crippen LogP contribution in [-0.2, 0) is 6.42 Å². The van der Waals surface area contributed by atoms with Gasteiger partial charge in [-0.1, -0.05) is 67.6 Å². The Morgan fingerprint density at radius 2 is 1.47 bits per heavy atom. The fraction of sp³-hybridized carbons (Fsp3) is 0.333. The van der Waals surface area contributed by atoms with E-state index < -0.39 is 0 Å². The lowest BCUT2D eigenvalue weighted by molar-refractivity contribution is 0.147. The lowest BCUT2D eigenvalue weighted by Gasteiger charge is -2.16. The van der Waals surface area contributed by atoms with Crippen molar-refractivity contribution in [1.82, 2.24) is 0 Å². The van der Waals surface area contributed by atoms with E-state index in [0.717, 1.165) is 19.3 Å². The molecule has 0 amide bonds. The maximum atomic E-state index is 10.1. The molecule has 0 fully saturated rings. The van der Waals surface area contributed by atoms with Gasteiger partial charge in [0.15, 0.2) is 0 Å². The van der Waals surface area contributed by atoms with Gasteiger partial charge in [-0.3, -0.25) is 0 Å². The Balaban J connectivity index is 1.80. The second kappa shape index (κ2) is 7.10. The molecule has 0 aliphatic carbocycles. The van der Waals surface area contributed by atoms with Crippen molar-refractivity contribution in [1.29, 1.82) is 0 Å². The van der Waals surface area contributed by atoms with Crippen molar-refractivity contribution >= 4 is 0 Å². The van der Waals surface area contributed by atoms with Gasteiger partial charge in [0, 0.05) is 0 Å². The average molecular weight is 254 g/mol. The van der Waals surface area contributed by atoms with Crippen LogP contribution in [0.1, 0.15) is 36.8 Å². The summed E-state index contributed by atoms with van der Waals surface area (Å²) in [6.45, 7) is 2.18. The molecule has 0 aliphatic heterocycles. The molecule has 2 aromatic carbocycles. The summed E-state index contributed by atoms with van der Waals surface area (Å²) in [6.07, 6.45) is 2.39. The van der Waals surface area contributed by atoms with Gasteiger partial charge in [-0.25, -0.2) is 0 Å². The Morgan fingerprint density at radius 3 is 2.11 bits per heavy atom. The number of aliphatic hydroxyl groups excluding tert-OH is 1. The SMILES string of the molecule is C[C@@H](C[C@@H](O)CCc1ccccc1)c1ccccc1. The molecule has 100 valence electrons. The van der Waals surface area contributed by atoms with Crippen molar-refractivity contribution in [3.63, 3.8) is 0 Å². The zero-order valence-electron chi connectivity index (χ0n) is 11.5. The minimum absolute atomic E-state index is 0.226. The van der Waals surface area contributed by atoms with Crippen molar-refractivity contribution in [2.24, 2.45) is 0 Å². The predicted molar refractivity (Wildman–Crippen MR) is 80.2 cm³/mol. The molecule has 2 aromatic rings. The predicted octanol–water partition coefficient (Wildman–Crippen LogP) is 4.17. The Kier molecular flexibility index (Phi) is 5.17. The first kappa shape index (κ1) is 13.8. The van der Waals surface area contributed by atoms with Gasteiger partial charge in [0.25, 0.3) is 0 Å². The maximum Gasteiger partial charge on any atom is 0.0549 e. The van der Waals surface area contributed by atoms with Crippen LogP contribution < -0.4 is 0 Å². The summed E-state index contributed by atoms with van der Waals surface area (Å²) in [4.78, 5) is 0. The Labute approximate surface area is 115 Å². The van der Waals surface area contributed by atoms with Crippen LogP contribution in [0.4, 0.5) is 0 Å². The minimum Gasteiger partial charge on any atom is -0.393 e. The van der Waals surface area contributed by atoms with E-state index in [-0.39, 0.29) is 6.10 Å². The molecule has 0 aliphatic rings. The van der Waals surface area contributed by atoms with Crippen LogP contribution in [0, 0.1) is 0 Å². The summed E-state index contributed by atoms with van der Waals surface area (Å²) in [5.41, 5.74) is 2.61. The molecule has 0 saturated carbocycles. The van der Waals surface area contributed by atoms with Gasteiger partial charge in [0.1, 0.15) is 0 Å². The lowest BCUT2D eigenvalue weighted by Crippen LogP contribution is -2.12. The van der Waals surface area contributed by atoms with E-state index in [0.29, 0.717) is 5.92 Å². The van der Waals surface area contributed by atoms with Crippen molar-refractivity contribution < 1.29 is 5.11 Å². The van der Waals surface area contributed by atoms with Crippen molar-refractivity contribution in [3.05, 3.63) is 71.8 Å². The number of rotatable bonds is 6. The Hall–Kier alpha value is -1.60.